The summed E-state index contributed by atoms with van der Waals surface area (Å²) in [6.07, 6.45) is 0. The van der Waals surface area contributed by atoms with E-state index in [0.29, 0.717) is 11.4 Å². The van der Waals surface area contributed by atoms with E-state index < -0.39 is 0 Å². The lowest BCUT2D eigenvalue weighted by Gasteiger charge is -2.32. The van der Waals surface area contributed by atoms with Crippen molar-refractivity contribution < 1.29 is 8.78 Å². The molecular formula is C64H43F2N3. The van der Waals surface area contributed by atoms with E-state index in [1.54, 1.807) is 12.1 Å². The third-order valence-corrected chi connectivity index (χ3v) is 13.1. The fourth-order valence-electron chi connectivity index (χ4n) is 9.94. The van der Waals surface area contributed by atoms with Gasteiger partial charge in [-0.05, 0) is 112 Å². The van der Waals surface area contributed by atoms with Crippen LogP contribution in [0.25, 0.3) is 66.4 Å². The fraction of sp³-hybridized carbons (Fsp3) is 0. The average molecular weight is 892 g/mol. The lowest BCUT2D eigenvalue weighted by Crippen LogP contribution is -2.15. The van der Waals surface area contributed by atoms with Crippen molar-refractivity contribution in [2.45, 2.75) is 0 Å². The van der Waals surface area contributed by atoms with Gasteiger partial charge in [-0.25, -0.2) is 8.78 Å². The summed E-state index contributed by atoms with van der Waals surface area (Å²) in [7, 11) is 0. The molecule has 1 N–H and O–H groups in total. The van der Waals surface area contributed by atoms with Crippen LogP contribution in [0, 0.1) is 11.6 Å². The van der Waals surface area contributed by atoms with Gasteiger partial charge in [-0.15, -0.1) is 0 Å². The summed E-state index contributed by atoms with van der Waals surface area (Å²) in [4.78, 5) is 4.08. The van der Waals surface area contributed by atoms with Crippen molar-refractivity contribution in [2.75, 3.05) is 15.1 Å². The van der Waals surface area contributed by atoms with E-state index in [0.717, 1.165) is 101 Å². The number of nitrogens with one attached hydrogen (secondary N) is 1. The van der Waals surface area contributed by atoms with Crippen molar-refractivity contribution in [1.82, 2.24) is 0 Å². The minimum absolute atomic E-state index is 0.333. The first-order valence-corrected chi connectivity index (χ1v) is 23.1. The Morgan fingerprint density at radius 3 is 1.26 bits per heavy atom. The van der Waals surface area contributed by atoms with Gasteiger partial charge in [-0.3, -0.25) is 0 Å². The molecule has 0 unspecified atom stereocenters. The number of rotatable bonds is 10. The third-order valence-electron chi connectivity index (χ3n) is 13.1. The van der Waals surface area contributed by atoms with Gasteiger partial charge >= 0.3 is 0 Å². The molecule has 12 rings (SSSR count). The largest absolute Gasteiger partial charge is 0.354 e. The molecule has 0 aromatic heterocycles. The Morgan fingerprint density at radius 2 is 0.739 bits per heavy atom. The lowest BCUT2D eigenvalue weighted by atomic mass is 9.90. The number of halogens is 2. The summed E-state index contributed by atoms with van der Waals surface area (Å²) in [6.45, 7) is 0. The highest BCUT2D eigenvalue weighted by Crippen LogP contribution is 2.53. The van der Waals surface area contributed by atoms with Gasteiger partial charge < -0.3 is 15.1 Å². The Balaban J connectivity index is 1.02. The first kappa shape index (κ1) is 41.4. The molecule has 3 nitrogen and oxygen atoms in total. The van der Waals surface area contributed by atoms with E-state index >= 15 is 8.78 Å². The lowest BCUT2D eigenvalue weighted by molar-refractivity contribution is 0.629. The molecule has 1 heterocycles. The molecule has 0 fully saturated rings. The van der Waals surface area contributed by atoms with Crippen LogP contribution in [0.15, 0.2) is 255 Å². The van der Waals surface area contributed by atoms with E-state index in [1.165, 1.54) is 0 Å². The molecule has 0 spiro atoms. The van der Waals surface area contributed by atoms with Crippen LogP contribution >= 0.6 is 0 Å². The summed E-state index contributed by atoms with van der Waals surface area (Å²) >= 11 is 0. The van der Waals surface area contributed by atoms with Crippen LogP contribution in [0.1, 0.15) is 0 Å². The first-order chi connectivity index (χ1) is 34.1. The van der Waals surface area contributed by atoms with Crippen LogP contribution in [0.2, 0.25) is 0 Å². The highest BCUT2D eigenvalue weighted by molar-refractivity contribution is 6.17. The zero-order valence-electron chi connectivity index (χ0n) is 37.4. The fourth-order valence-corrected chi connectivity index (χ4v) is 9.94. The Labute approximate surface area is 400 Å². The summed E-state index contributed by atoms with van der Waals surface area (Å²) in [5, 5.41) is 5.78. The van der Waals surface area contributed by atoms with Crippen LogP contribution in [0.3, 0.4) is 0 Å². The van der Waals surface area contributed by atoms with Crippen molar-refractivity contribution in [3.63, 3.8) is 0 Å². The van der Waals surface area contributed by atoms with Crippen molar-refractivity contribution in [3.8, 4) is 55.6 Å². The molecule has 0 amide bonds. The molecule has 0 bridgehead atoms. The summed E-state index contributed by atoms with van der Waals surface area (Å²) < 4.78 is 34.7. The van der Waals surface area contributed by atoms with Gasteiger partial charge in [0.1, 0.15) is 11.6 Å². The van der Waals surface area contributed by atoms with Gasteiger partial charge in [0.2, 0.25) is 0 Å². The molecule has 0 atom stereocenters. The predicted octanol–water partition coefficient (Wildman–Crippen LogP) is 18.4. The van der Waals surface area contributed by atoms with E-state index in [9.17, 15) is 0 Å². The maximum Gasteiger partial charge on any atom is 0.148 e. The monoisotopic (exact) mass is 891 g/mol. The minimum Gasteiger partial charge on any atom is -0.354 e. The second-order valence-electron chi connectivity index (χ2n) is 17.2. The van der Waals surface area contributed by atoms with E-state index in [4.69, 9.17) is 0 Å². The topological polar surface area (TPSA) is 18.5 Å². The number of nitrogens with zero attached hydrogens (tertiary/aromatic N) is 2. The molecule has 69 heavy (non-hydrogen) atoms. The number of benzene rings is 11. The van der Waals surface area contributed by atoms with E-state index in [-0.39, 0.29) is 11.6 Å². The second-order valence-corrected chi connectivity index (χ2v) is 17.2. The van der Waals surface area contributed by atoms with Gasteiger partial charge in [0.15, 0.2) is 0 Å². The van der Waals surface area contributed by atoms with E-state index in [1.807, 2.05) is 187 Å². The van der Waals surface area contributed by atoms with E-state index in [2.05, 4.69) is 70.9 Å². The molecule has 0 saturated carbocycles. The zero-order chi connectivity index (χ0) is 46.3. The quantitative estimate of drug-likeness (QED) is 0.148. The Morgan fingerprint density at radius 1 is 0.290 bits per heavy atom. The number of hydrogen-bond acceptors (Lipinski definition) is 3. The zero-order valence-corrected chi connectivity index (χ0v) is 37.4. The third kappa shape index (κ3) is 7.56. The smallest absolute Gasteiger partial charge is 0.148 e. The van der Waals surface area contributed by atoms with Gasteiger partial charge in [0, 0.05) is 55.9 Å². The molecule has 1 aliphatic rings. The minimum atomic E-state index is -0.336. The Kier molecular flexibility index (Phi) is 10.6. The van der Waals surface area contributed by atoms with Crippen LogP contribution < -0.4 is 15.1 Å². The van der Waals surface area contributed by atoms with Crippen LogP contribution in [-0.4, -0.2) is 0 Å². The Hall–Kier alpha value is -9.06. The highest BCUT2D eigenvalue weighted by atomic mass is 19.1. The molecule has 5 heteroatoms. The van der Waals surface area contributed by atoms with Crippen molar-refractivity contribution in [1.29, 1.82) is 0 Å². The predicted molar refractivity (Wildman–Crippen MR) is 284 cm³/mol. The molecule has 0 radical (unpaired) electrons. The number of hydrogen-bond donors (Lipinski definition) is 1. The summed E-state index contributed by atoms with van der Waals surface area (Å²) in [5.41, 5.74) is 14.9. The number of para-hydroxylation sites is 2. The summed E-state index contributed by atoms with van der Waals surface area (Å²) in [6, 6.07) is 84.3. The standard InChI is InChI=1S/C64H43F2N3/c65-57-40-47(43-20-7-1-8-21-43)38-55(45-24-11-3-12-25-45)63(57)68(49-28-15-5-16-29-49)51-34-35-52-53-36-37-61(54-32-19-33-59(62(53)54)67-60(52)42-51)69(50-30-17-6-18-31-50)64-56(46-26-13-4-14-27-46)39-48(41-58(64)66)44-22-9-2-10-23-44/h1-42,67H. The Bertz CT molecular complexity index is 3640. The van der Waals surface area contributed by atoms with Gasteiger partial charge in [0.05, 0.1) is 17.1 Å². The molecule has 1 aliphatic heterocycles. The SMILES string of the molecule is Fc1cc(-c2ccccc2)cc(-c2ccccc2)c1N(c1ccccc1)c1ccc2c(c1)Nc1cccc3c(N(c4ccccc4)c4c(F)cc(-c5ccccc5)cc4-c4ccccc4)ccc-2c13. The van der Waals surface area contributed by atoms with Crippen molar-refractivity contribution >= 4 is 56.3 Å². The maximum atomic E-state index is 17.4. The average Bonchev–Trinajstić information content (AvgIpc) is 3.41. The molecular weight excluding hydrogens is 849 g/mol. The first-order valence-electron chi connectivity index (χ1n) is 23.1. The molecule has 0 aliphatic carbocycles. The van der Waals surface area contributed by atoms with Crippen molar-refractivity contribution in [3.05, 3.63) is 266 Å². The molecule has 11 aromatic carbocycles. The van der Waals surface area contributed by atoms with Gasteiger partial charge in [-0.1, -0.05) is 182 Å². The number of fused-ring (bicyclic) bond motifs is 2. The molecule has 11 aromatic rings. The highest BCUT2D eigenvalue weighted by Gasteiger charge is 2.29. The van der Waals surface area contributed by atoms with Crippen LogP contribution in [0.4, 0.5) is 54.3 Å². The van der Waals surface area contributed by atoms with Gasteiger partial charge in [0.25, 0.3) is 0 Å². The van der Waals surface area contributed by atoms with Crippen LogP contribution in [-0.2, 0) is 0 Å². The second kappa shape index (κ2) is 17.6. The molecule has 328 valence electrons. The van der Waals surface area contributed by atoms with Crippen LogP contribution in [0.5, 0.6) is 0 Å². The maximum absolute atomic E-state index is 17.4. The summed E-state index contributed by atoms with van der Waals surface area (Å²) in [5.74, 6) is -0.669. The normalized spacial score (nSPS) is 11.4. The molecule has 0 saturated heterocycles. The number of anilines is 8. The van der Waals surface area contributed by atoms with Gasteiger partial charge in [-0.2, -0.15) is 0 Å². The van der Waals surface area contributed by atoms with Crippen molar-refractivity contribution in [2.24, 2.45) is 0 Å².